The Bertz CT molecular complexity index is 678. The fourth-order valence-corrected chi connectivity index (χ4v) is 5.35. The number of unbranched alkanes of at least 4 members (excludes halogenated alkanes) is 10. The van der Waals surface area contributed by atoms with Crippen molar-refractivity contribution in [2.45, 2.75) is 122 Å². The first-order valence-electron chi connectivity index (χ1n) is 13.7. The second-order valence-corrected chi connectivity index (χ2v) is 10.3. The van der Waals surface area contributed by atoms with Gasteiger partial charge in [0.2, 0.25) is 5.82 Å². The minimum absolute atomic E-state index is 0.0509. The lowest BCUT2D eigenvalue weighted by molar-refractivity contribution is 0.279. The Morgan fingerprint density at radius 2 is 1.41 bits per heavy atom. The molecule has 6 heteroatoms. The Hall–Kier alpha value is -1.06. The number of halogens is 2. The molecule has 1 aromatic rings. The lowest BCUT2D eigenvalue weighted by Crippen LogP contribution is -2.15. The van der Waals surface area contributed by atoms with Crippen LogP contribution in [0.5, 0.6) is 5.75 Å². The molecule has 0 amide bonds. The van der Waals surface area contributed by atoms with E-state index >= 15 is 0 Å². The molecule has 194 valence electrons. The molecular weight excluding hydrogens is 453 g/mol. The minimum Gasteiger partial charge on any atom is -0.490 e. The van der Waals surface area contributed by atoms with Crippen molar-refractivity contribution in [3.63, 3.8) is 0 Å². The van der Waals surface area contributed by atoms with Gasteiger partial charge in [0.1, 0.15) is 0 Å². The van der Waals surface area contributed by atoms with Crippen LogP contribution in [0.3, 0.4) is 0 Å². The number of rotatable bonds is 19. The maximum Gasteiger partial charge on any atom is 0.327 e. The highest BCUT2D eigenvalue weighted by molar-refractivity contribution is 7.17. The van der Waals surface area contributed by atoms with Crippen LogP contribution in [-0.4, -0.2) is 13.2 Å². The zero-order valence-electron chi connectivity index (χ0n) is 21.2. The second kappa shape index (κ2) is 18.2. The lowest BCUT2D eigenvalue weighted by atomic mass is 9.77. The first-order valence-corrected chi connectivity index (χ1v) is 14.5. The van der Waals surface area contributed by atoms with Gasteiger partial charge in [-0.15, -0.1) is 0 Å². The van der Waals surface area contributed by atoms with Crippen LogP contribution in [-0.2, 0) is 9.09 Å². The van der Waals surface area contributed by atoms with Gasteiger partial charge >= 0.3 is 8.69 Å². The van der Waals surface area contributed by atoms with E-state index in [9.17, 15) is 13.3 Å². The number of hydrogen-bond acceptors (Lipinski definition) is 3. The van der Waals surface area contributed by atoms with E-state index in [2.05, 4.69) is 6.92 Å². The molecule has 1 fully saturated rings. The third-order valence-corrected chi connectivity index (χ3v) is 7.56. The summed E-state index contributed by atoms with van der Waals surface area (Å²) in [7, 11) is -0.225. The molecule has 0 radical (unpaired) electrons. The molecule has 0 saturated heterocycles. The monoisotopic (exact) mass is 498 g/mol. The normalized spacial score (nSPS) is 18.4. The van der Waals surface area contributed by atoms with Crippen molar-refractivity contribution in [1.82, 2.24) is 0 Å². The smallest absolute Gasteiger partial charge is 0.327 e. The van der Waals surface area contributed by atoms with E-state index in [0.717, 1.165) is 63.7 Å². The Morgan fingerprint density at radius 3 is 2.03 bits per heavy atom. The van der Waals surface area contributed by atoms with Gasteiger partial charge in [-0.2, -0.15) is 4.39 Å². The van der Waals surface area contributed by atoms with E-state index in [0.29, 0.717) is 18.8 Å². The fraction of sp³-hybridized carbons (Fsp3) is 0.786. The summed E-state index contributed by atoms with van der Waals surface area (Å²) in [6.45, 7) is 3.22. The quantitative estimate of drug-likeness (QED) is 0.141. The average Bonchev–Trinajstić information content (AvgIpc) is 2.85. The summed E-state index contributed by atoms with van der Waals surface area (Å²) in [6.07, 6.45) is 19.2. The summed E-state index contributed by atoms with van der Waals surface area (Å²) >= 11 is 0. The van der Waals surface area contributed by atoms with Crippen molar-refractivity contribution in [3.8, 4) is 5.75 Å². The van der Waals surface area contributed by atoms with Crippen molar-refractivity contribution >= 4 is 8.69 Å². The van der Waals surface area contributed by atoms with Crippen LogP contribution in [0.4, 0.5) is 8.78 Å². The van der Waals surface area contributed by atoms with E-state index in [4.69, 9.17) is 9.26 Å². The van der Waals surface area contributed by atoms with Gasteiger partial charge in [-0.1, -0.05) is 83.6 Å². The van der Waals surface area contributed by atoms with Gasteiger partial charge in [-0.25, -0.2) is 8.96 Å². The summed E-state index contributed by atoms with van der Waals surface area (Å²) in [5.41, 5.74) is 0.536. The number of hydrogen-bond donors (Lipinski definition) is 0. The first kappa shape index (κ1) is 29.2. The summed E-state index contributed by atoms with van der Waals surface area (Å²) in [5.74, 6) is -0.575. The lowest BCUT2D eigenvalue weighted by Gasteiger charge is -2.29. The molecule has 0 aliphatic heterocycles. The van der Waals surface area contributed by atoms with Crippen molar-refractivity contribution in [2.24, 2.45) is 5.92 Å². The third-order valence-electron chi connectivity index (χ3n) is 7.27. The number of ether oxygens (including phenoxy) is 1. The van der Waals surface area contributed by atoms with Gasteiger partial charge in [-0.3, -0.25) is 4.52 Å². The van der Waals surface area contributed by atoms with E-state index in [1.807, 2.05) is 0 Å². The van der Waals surface area contributed by atoms with Gasteiger partial charge in [-0.05, 0) is 62.0 Å². The zero-order valence-corrected chi connectivity index (χ0v) is 22.1. The molecule has 1 aliphatic rings. The molecule has 0 unspecified atom stereocenters. The van der Waals surface area contributed by atoms with Crippen LogP contribution in [0.25, 0.3) is 0 Å². The van der Waals surface area contributed by atoms with Crippen molar-refractivity contribution in [3.05, 3.63) is 29.3 Å². The fourth-order valence-electron chi connectivity index (χ4n) is 5.14. The Balaban J connectivity index is 1.58. The zero-order chi connectivity index (χ0) is 24.4. The summed E-state index contributed by atoms with van der Waals surface area (Å²) in [5, 5.41) is 0. The molecule has 0 aromatic heterocycles. The van der Waals surface area contributed by atoms with Crippen LogP contribution in [0.1, 0.15) is 128 Å². The predicted molar refractivity (Wildman–Crippen MR) is 136 cm³/mol. The van der Waals surface area contributed by atoms with Crippen molar-refractivity contribution in [1.29, 1.82) is 0 Å². The van der Waals surface area contributed by atoms with Gasteiger partial charge in [0.15, 0.2) is 11.6 Å². The molecule has 1 aromatic carbocycles. The summed E-state index contributed by atoms with van der Waals surface area (Å²) in [4.78, 5) is 0. The van der Waals surface area contributed by atoms with Crippen LogP contribution < -0.4 is 4.74 Å². The van der Waals surface area contributed by atoms with E-state index in [1.165, 1.54) is 51.4 Å². The molecule has 1 aliphatic carbocycles. The molecule has 34 heavy (non-hydrogen) atoms. The van der Waals surface area contributed by atoms with Crippen molar-refractivity contribution in [2.75, 3.05) is 13.2 Å². The topological polar surface area (TPSA) is 35.5 Å². The van der Waals surface area contributed by atoms with Crippen LogP contribution >= 0.6 is 8.69 Å². The molecule has 1 saturated carbocycles. The standard InChI is InChI=1S/C28H45F2O3P/c1-2-3-11-14-23-15-17-24(18-16-23)25-19-20-26(28(30)27(25)29)32-21-12-9-7-5-4-6-8-10-13-22-33-34-31/h19-20,23-24H,2-18,21-22H2,1H3. The Kier molecular flexibility index (Phi) is 15.7. The van der Waals surface area contributed by atoms with Crippen molar-refractivity contribution < 1.29 is 22.6 Å². The minimum atomic E-state index is -0.817. The molecule has 3 nitrogen and oxygen atoms in total. The highest BCUT2D eigenvalue weighted by Gasteiger charge is 2.26. The van der Waals surface area contributed by atoms with E-state index < -0.39 is 11.6 Å². The molecular formula is C28H45F2O3P. The molecule has 2 rings (SSSR count). The van der Waals surface area contributed by atoms with Gasteiger partial charge < -0.3 is 4.74 Å². The highest BCUT2D eigenvalue weighted by atomic mass is 31.1. The largest absolute Gasteiger partial charge is 0.490 e. The van der Waals surface area contributed by atoms with Gasteiger partial charge in [0.25, 0.3) is 0 Å². The molecule has 0 N–H and O–H groups in total. The molecule has 0 atom stereocenters. The molecule has 0 bridgehead atoms. The maximum absolute atomic E-state index is 14.8. The van der Waals surface area contributed by atoms with E-state index in [1.54, 1.807) is 12.1 Å². The Labute approximate surface area is 207 Å². The molecule has 0 heterocycles. The van der Waals surface area contributed by atoms with Gasteiger partial charge in [0.05, 0.1) is 13.2 Å². The summed E-state index contributed by atoms with van der Waals surface area (Å²) in [6, 6.07) is 3.38. The van der Waals surface area contributed by atoms with Crippen LogP contribution in [0.15, 0.2) is 12.1 Å². The third kappa shape index (κ3) is 11.1. The molecule has 0 spiro atoms. The highest BCUT2D eigenvalue weighted by Crippen LogP contribution is 2.40. The summed E-state index contributed by atoms with van der Waals surface area (Å²) < 4.78 is 49.9. The van der Waals surface area contributed by atoms with Crippen LogP contribution in [0.2, 0.25) is 0 Å². The predicted octanol–water partition coefficient (Wildman–Crippen LogP) is 9.93. The first-order chi connectivity index (χ1) is 16.7. The average molecular weight is 499 g/mol. The number of benzene rings is 1. The maximum atomic E-state index is 14.8. The second-order valence-electron chi connectivity index (χ2n) is 9.93. The SMILES string of the molecule is CCCCCC1CCC(c2ccc(OCCCCCCCCCCCOP=O)c(F)c2F)CC1. The van der Waals surface area contributed by atoms with E-state index in [-0.39, 0.29) is 20.4 Å². The van der Waals surface area contributed by atoms with Gasteiger partial charge in [0, 0.05) is 0 Å². The Morgan fingerprint density at radius 1 is 0.794 bits per heavy atom. The van der Waals surface area contributed by atoms with Crippen LogP contribution in [0, 0.1) is 17.6 Å².